The number of carbonyl (C=O) groups is 5. The maximum atomic E-state index is 14.1. The SMILES string of the molecule is CCCC1O[C@@H]2CC3C4CCC5=CC(=O)C=C[C@]5(C)[C@H]4[C@@H](O)C[C@]3(C)[C@]2(C(=O)CO)O1.CCCCCCN=C=O.CCCCCCNC(=O)OCC(=O)[C@@]12OC(CCC)O[C@@H]1CC1C3CCC4=CC(=O)C=C[C@]4(C)[C@H]3[C@@H](O)C[C@@]12C. The zero-order valence-electron chi connectivity index (χ0n) is 49.1. The third kappa shape index (κ3) is 10.9. The quantitative estimate of drug-likeness (QED) is 0.0536. The lowest BCUT2D eigenvalue weighted by molar-refractivity contribution is -0.200. The number of ether oxygens (including phenoxy) is 5. The Labute approximate surface area is 474 Å². The lowest BCUT2D eigenvalue weighted by Crippen LogP contribution is -2.63. The van der Waals surface area contributed by atoms with Gasteiger partial charge in [0.05, 0.1) is 31.0 Å². The van der Waals surface area contributed by atoms with Crippen LogP contribution in [0.5, 0.6) is 0 Å². The van der Waals surface area contributed by atoms with Crippen LogP contribution in [0.2, 0.25) is 0 Å². The second-order valence-corrected chi connectivity index (χ2v) is 25.9. The summed E-state index contributed by atoms with van der Waals surface area (Å²) in [5.74, 6) is -0.0578. The number of aliphatic imine (C=N–C) groups is 1. The van der Waals surface area contributed by atoms with Crippen molar-refractivity contribution >= 4 is 35.3 Å². The van der Waals surface area contributed by atoms with Crippen molar-refractivity contribution in [3.05, 3.63) is 47.6 Å². The van der Waals surface area contributed by atoms with Gasteiger partial charge in [0.2, 0.25) is 11.9 Å². The predicted octanol–water partition coefficient (Wildman–Crippen LogP) is 9.65. The van der Waals surface area contributed by atoms with Gasteiger partial charge in [-0.05, 0) is 125 Å². The fourth-order valence-electron chi connectivity index (χ4n) is 17.8. The van der Waals surface area contributed by atoms with Gasteiger partial charge in [-0.15, -0.1) is 0 Å². The molecule has 0 aromatic carbocycles. The molecule has 8 fully saturated rings. The highest BCUT2D eigenvalue weighted by Crippen LogP contribution is 2.71. The molecule has 1 amide bonds. The van der Waals surface area contributed by atoms with E-state index in [0.717, 1.165) is 81.8 Å². The molecule has 16 heteroatoms. The number of unbranched alkanes of at least 4 members (excludes halogenated alkanes) is 6. The van der Waals surface area contributed by atoms with Crippen LogP contribution in [0.15, 0.2) is 52.6 Å². The van der Waals surface area contributed by atoms with E-state index in [1.807, 2.05) is 12.2 Å². The Morgan fingerprint density at radius 2 is 1.16 bits per heavy atom. The smallest absolute Gasteiger partial charge is 0.407 e. The molecule has 6 saturated carbocycles. The van der Waals surface area contributed by atoms with E-state index in [1.54, 1.807) is 24.3 Å². The van der Waals surface area contributed by atoms with Crippen LogP contribution in [0.3, 0.4) is 0 Å². The van der Waals surface area contributed by atoms with E-state index >= 15 is 0 Å². The molecule has 16 nitrogen and oxygen atoms in total. The fraction of sp³-hybridized carbons (Fsp3) is 0.781. The van der Waals surface area contributed by atoms with Gasteiger partial charge in [0.15, 0.2) is 47.7 Å². The molecule has 2 saturated heterocycles. The van der Waals surface area contributed by atoms with Crippen molar-refractivity contribution in [2.24, 2.45) is 62.2 Å². The van der Waals surface area contributed by atoms with Crippen molar-refractivity contribution in [3.63, 3.8) is 0 Å². The van der Waals surface area contributed by atoms with Gasteiger partial charge in [0.1, 0.15) is 6.61 Å². The number of allylic oxidation sites excluding steroid dienone is 8. The number of hydrogen-bond donors (Lipinski definition) is 4. The van der Waals surface area contributed by atoms with Crippen LogP contribution >= 0.6 is 0 Å². The van der Waals surface area contributed by atoms with E-state index in [1.165, 1.54) is 25.3 Å². The molecule has 10 aliphatic rings. The van der Waals surface area contributed by atoms with Gasteiger partial charge in [-0.1, -0.05) is 130 Å². The van der Waals surface area contributed by atoms with Gasteiger partial charge >= 0.3 is 6.09 Å². The summed E-state index contributed by atoms with van der Waals surface area (Å²) < 4.78 is 31.1. The highest BCUT2D eigenvalue weighted by Gasteiger charge is 2.77. The molecular formula is C64H94N2O14. The minimum Gasteiger partial charge on any atom is -0.441 e. The summed E-state index contributed by atoms with van der Waals surface area (Å²) in [4.78, 5) is 76.9. The van der Waals surface area contributed by atoms with Crippen LogP contribution in [0.1, 0.15) is 184 Å². The van der Waals surface area contributed by atoms with Crippen molar-refractivity contribution in [1.29, 1.82) is 0 Å². The summed E-state index contributed by atoms with van der Waals surface area (Å²) in [6.07, 6.45) is 26.0. The molecule has 0 bridgehead atoms. The fourth-order valence-corrected chi connectivity index (χ4v) is 17.8. The number of ketones is 4. The number of fused-ring (bicyclic) bond motifs is 14. The number of nitrogens with zero attached hydrogens (tertiary/aromatic N) is 1. The number of Topliss-reactive ketones (excluding diaryl/α,β-unsaturated/α-hetero) is 2. The topological polar surface area (TPSA) is 234 Å². The lowest BCUT2D eigenvalue weighted by atomic mass is 9.46. The molecule has 0 aromatic heterocycles. The predicted molar refractivity (Wildman–Crippen MR) is 299 cm³/mol. The van der Waals surface area contributed by atoms with E-state index < -0.39 is 77.1 Å². The first-order chi connectivity index (χ1) is 38.2. The van der Waals surface area contributed by atoms with Crippen LogP contribution in [-0.4, -0.2) is 125 Å². The van der Waals surface area contributed by atoms with Crippen LogP contribution in [-0.2, 0) is 47.7 Å². The van der Waals surface area contributed by atoms with E-state index in [4.69, 9.17) is 23.7 Å². The second-order valence-electron chi connectivity index (χ2n) is 25.9. The first-order valence-corrected chi connectivity index (χ1v) is 30.8. The minimum atomic E-state index is -1.28. The summed E-state index contributed by atoms with van der Waals surface area (Å²) in [5, 5.41) is 36.0. The van der Waals surface area contributed by atoms with Crippen molar-refractivity contribution in [2.75, 3.05) is 26.3 Å². The molecule has 6 unspecified atom stereocenters. The molecule has 0 aromatic rings. The first kappa shape index (κ1) is 62.1. The number of isocyanates is 1. The average molecular weight is 1120 g/mol. The van der Waals surface area contributed by atoms with Gasteiger partial charge in [-0.25, -0.2) is 14.6 Å². The molecule has 10 rings (SSSR count). The summed E-state index contributed by atoms with van der Waals surface area (Å²) in [6, 6.07) is 0. The van der Waals surface area contributed by atoms with Gasteiger partial charge < -0.3 is 44.3 Å². The molecule has 444 valence electrons. The number of amides is 1. The molecule has 0 radical (unpaired) electrons. The normalized spacial score (nSPS) is 41.2. The molecule has 0 spiro atoms. The molecule has 2 aliphatic heterocycles. The number of carbonyl (C=O) groups excluding carboxylic acids is 6. The van der Waals surface area contributed by atoms with Crippen LogP contribution in [0.4, 0.5) is 4.79 Å². The molecule has 2 heterocycles. The van der Waals surface area contributed by atoms with Crippen molar-refractivity contribution < 1.29 is 67.8 Å². The third-order valence-electron chi connectivity index (χ3n) is 21.4. The Hall–Kier alpha value is -3.99. The average Bonchev–Trinajstić information content (AvgIpc) is 2.84. The van der Waals surface area contributed by atoms with Crippen molar-refractivity contribution in [2.45, 2.75) is 232 Å². The van der Waals surface area contributed by atoms with E-state index in [9.17, 15) is 44.1 Å². The Morgan fingerprint density at radius 3 is 1.61 bits per heavy atom. The zero-order chi connectivity index (χ0) is 57.8. The number of hydrogen-bond acceptors (Lipinski definition) is 15. The molecule has 18 atom stereocenters. The number of rotatable bonds is 19. The summed E-state index contributed by atoms with van der Waals surface area (Å²) in [6.45, 7) is 17.0. The van der Waals surface area contributed by atoms with E-state index in [2.05, 4.69) is 65.7 Å². The van der Waals surface area contributed by atoms with E-state index in [0.29, 0.717) is 51.6 Å². The number of nitrogens with one attached hydrogen (secondary N) is 1. The lowest BCUT2D eigenvalue weighted by Gasteiger charge is -2.59. The highest BCUT2D eigenvalue weighted by molar-refractivity contribution is 6.02. The largest absolute Gasteiger partial charge is 0.441 e. The molecule has 80 heavy (non-hydrogen) atoms. The summed E-state index contributed by atoms with van der Waals surface area (Å²) in [5.41, 5.74) is -2.30. The van der Waals surface area contributed by atoms with Crippen LogP contribution in [0, 0.1) is 57.2 Å². The molecule has 8 aliphatic carbocycles. The minimum absolute atomic E-state index is 0.00905. The van der Waals surface area contributed by atoms with Crippen LogP contribution < -0.4 is 5.32 Å². The monoisotopic (exact) mass is 1110 g/mol. The Morgan fingerprint density at radius 1 is 0.688 bits per heavy atom. The van der Waals surface area contributed by atoms with Gasteiger partial charge in [0, 0.05) is 40.0 Å². The van der Waals surface area contributed by atoms with Crippen molar-refractivity contribution in [3.8, 4) is 0 Å². The summed E-state index contributed by atoms with van der Waals surface area (Å²) in [7, 11) is 0. The standard InChI is InChI=1S/C32H47NO7.C25H34O6.C7H13NO/c1-5-7-8-9-15-33-29(37)38-19-25(36)32-26(39-27(40-32)10-6-2)17-23-22-12-11-20-16-21(34)13-14-30(20,3)28(22)24(35)18-31(23,32)4;1-4-5-21-30-20-11-17-16-7-6-14-10-15(27)8-9-23(14,2)22(16)18(28)12-24(17,3)25(20,31-21)19(29)13-26;1-2-3-4-5-6-8-7-9/h13-14,16,22-24,26-28,35H,5-12,15,17-19H2,1-4H3,(H,33,37);8-10,16-18,20-22,26,28H,4-7,11-13H2,1-3H3;2-6H2,1H3/t22?,23?,24-,26+,27?,28+,30-,31-,32+;16?,17?,18-,20+,21?,22+,23-,24-,25+;/m00./s1. The zero-order valence-corrected chi connectivity index (χ0v) is 49.1. The maximum absolute atomic E-state index is 14.1. The number of aliphatic hydroxyl groups excluding tert-OH is 3. The second kappa shape index (κ2) is 25.5. The molecular weight excluding hydrogens is 1020 g/mol. The maximum Gasteiger partial charge on any atom is 0.407 e. The van der Waals surface area contributed by atoms with E-state index in [-0.39, 0.29) is 70.7 Å². The van der Waals surface area contributed by atoms with Gasteiger partial charge in [-0.3, -0.25) is 19.2 Å². The highest BCUT2D eigenvalue weighted by atomic mass is 16.8. The number of aliphatic hydroxyl groups is 3. The third-order valence-corrected chi connectivity index (χ3v) is 21.4. The van der Waals surface area contributed by atoms with Crippen molar-refractivity contribution in [1.82, 2.24) is 5.32 Å². The summed E-state index contributed by atoms with van der Waals surface area (Å²) >= 11 is 0. The Balaban J connectivity index is 0.000000186. The molecule has 4 N–H and O–H groups in total. The first-order valence-electron chi connectivity index (χ1n) is 30.8. The van der Waals surface area contributed by atoms with Gasteiger partial charge in [-0.2, -0.15) is 0 Å². The van der Waals surface area contributed by atoms with Gasteiger partial charge in [0.25, 0.3) is 0 Å². The number of alkyl carbamates (subject to hydrolysis) is 1. The Bertz CT molecular complexity index is 2460. The Kier molecular flexibility index (Phi) is 19.8. The van der Waals surface area contributed by atoms with Crippen LogP contribution in [0.25, 0.3) is 0 Å².